The molecule has 10 fully saturated rings. The number of fused-ring (bicyclic) bond motifs is 4. The molecule has 18 nitrogen and oxygen atoms in total. The minimum Gasteiger partial charge on any atom is -0.467 e. The van der Waals surface area contributed by atoms with Gasteiger partial charge in [0.05, 0.1) is 26.4 Å². The third kappa shape index (κ3) is 8.66. The van der Waals surface area contributed by atoms with E-state index in [0.717, 1.165) is 38.5 Å². The van der Waals surface area contributed by atoms with E-state index in [1.807, 2.05) is 27.7 Å². The van der Waals surface area contributed by atoms with Crippen LogP contribution in [-0.2, 0) is 83.1 Å². The Morgan fingerprint density at radius 3 is 1.62 bits per heavy atom. The minimum atomic E-state index is -1.07. The van der Waals surface area contributed by atoms with E-state index in [-0.39, 0.29) is 73.4 Å². The Bertz CT molecular complexity index is 2020. The number of rotatable bonds is 13. The van der Waals surface area contributed by atoms with Crippen LogP contribution in [0.15, 0.2) is 24.3 Å². The molecule has 66 heavy (non-hydrogen) atoms. The second-order valence-electron chi connectivity index (χ2n) is 20.5. The molecule has 1 amide bonds. The monoisotopic (exact) mass is 927 g/mol. The molecule has 8 saturated heterocycles. The summed E-state index contributed by atoms with van der Waals surface area (Å²) in [5.74, 6) is -4.19. The quantitative estimate of drug-likeness (QED) is 0.106. The summed E-state index contributed by atoms with van der Waals surface area (Å²) in [5, 5.41) is 2.67. The van der Waals surface area contributed by atoms with Gasteiger partial charge in [0, 0.05) is 49.4 Å². The predicted molar refractivity (Wildman–Crippen MR) is 224 cm³/mol. The van der Waals surface area contributed by atoms with Crippen molar-refractivity contribution in [2.75, 3.05) is 7.11 Å². The van der Waals surface area contributed by atoms with Gasteiger partial charge < -0.3 is 43.2 Å². The van der Waals surface area contributed by atoms with Crippen molar-refractivity contribution >= 4 is 29.8 Å². The van der Waals surface area contributed by atoms with Crippen LogP contribution >= 0.6 is 0 Å². The van der Waals surface area contributed by atoms with Gasteiger partial charge in [-0.1, -0.05) is 39.8 Å². The highest BCUT2D eigenvalue weighted by molar-refractivity contribution is 5.86. The fourth-order valence-corrected chi connectivity index (χ4v) is 12.5. The molecule has 4 bridgehead atoms. The van der Waals surface area contributed by atoms with Gasteiger partial charge in [0.15, 0.2) is 23.8 Å². The molecule has 17 atom stereocenters. The fourth-order valence-electron chi connectivity index (χ4n) is 12.5. The molecule has 364 valence electrons. The van der Waals surface area contributed by atoms with Gasteiger partial charge in [0.25, 0.3) is 0 Å². The highest BCUT2D eigenvalue weighted by Gasteiger charge is 2.71. The zero-order valence-electron chi connectivity index (χ0n) is 38.9. The summed E-state index contributed by atoms with van der Waals surface area (Å²) in [5.41, 5.74) is -0.955. The molecule has 11 rings (SSSR count). The van der Waals surface area contributed by atoms with E-state index < -0.39 is 83.8 Å². The number of carbonyl (C=O) groups excluding carboxylic acids is 5. The van der Waals surface area contributed by atoms with Crippen LogP contribution in [0.1, 0.15) is 124 Å². The topological polar surface area (TPSA) is 208 Å². The standard InChI is InChI=1S/C48H65NO17/c1-25-8-14-33-27(3)41(59-43-47(33)31(25)20-22-45(5,61-43)63-65-47)57-38(52)17-16-36(50)49-35(40(54)55-7)24-29-10-12-30(13-11-29)56-37(51)18-19-39(53)58-42-28(4)34-15-9-26(2)32-21-23-46(6)62-44(60-42)48(32,34)66-64-46/h10-13,25-28,31-35,41-44H,8-9,14-24H2,1-7H3,(H,49,50)/t25-,26-,27-,28-,31+,32+,33+,34+,35?,41-,42-,43-,44-,45-,46-,47-,48-/m1/s1. The van der Waals surface area contributed by atoms with E-state index in [2.05, 4.69) is 19.2 Å². The Balaban J connectivity index is 0.724. The zero-order valence-corrected chi connectivity index (χ0v) is 38.9. The summed E-state index contributed by atoms with van der Waals surface area (Å²) in [4.78, 5) is 88.9. The van der Waals surface area contributed by atoms with Crippen LogP contribution in [0.4, 0.5) is 0 Å². The Hall–Kier alpha value is -3.75. The van der Waals surface area contributed by atoms with Crippen molar-refractivity contribution in [3.8, 4) is 5.75 Å². The second-order valence-corrected chi connectivity index (χ2v) is 20.5. The zero-order chi connectivity index (χ0) is 46.8. The van der Waals surface area contributed by atoms with Gasteiger partial charge in [-0.3, -0.25) is 19.2 Å². The Morgan fingerprint density at radius 1 is 0.636 bits per heavy atom. The molecule has 0 radical (unpaired) electrons. The number of nitrogens with one attached hydrogen (secondary N) is 1. The van der Waals surface area contributed by atoms with Crippen molar-refractivity contribution < 1.29 is 81.4 Å². The van der Waals surface area contributed by atoms with Gasteiger partial charge in [-0.15, -0.1) is 0 Å². The lowest BCUT2D eigenvalue weighted by Crippen LogP contribution is -2.70. The normalized spacial score (nSPS) is 42.3. The van der Waals surface area contributed by atoms with Gasteiger partial charge in [-0.05, 0) is 93.7 Å². The van der Waals surface area contributed by atoms with Crippen molar-refractivity contribution in [1.29, 1.82) is 0 Å². The molecule has 10 aliphatic rings. The summed E-state index contributed by atoms with van der Waals surface area (Å²) in [6, 6.07) is 5.31. The Labute approximate surface area is 384 Å². The third-order valence-electron chi connectivity index (χ3n) is 16.2. The fraction of sp³-hybridized carbons (Fsp3) is 0.771. The maximum atomic E-state index is 13.2. The average molecular weight is 928 g/mol. The molecular formula is C48H65NO17. The molecular weight excluding hydrogens is 863 g/mol. The van der Waals surface area contributed by atoms with Crippen molar-refractivity contribution in [2.45, 2.75) is 179 Å². The van der Waals surface area contributed by atoms with E-state index in [9.17, 15) is 24.0 Å². The van der Waals surface area contributed by atoms with Gasteiger partial charge in [0.2, 0.25) is 30.1 Å². The first kappa shape index (κ1) is 47.3. The first-order valence-corrected chi connectivity index (χ1v) is 23.9. The van der Waals surface area contributed by atoms with Crippen LogP contribution in [0.3, 0.4) is 0 Å². The molecule has 1 unspecified atom stereocenters. The maximum absolute atomic E-state index is 13.2. The molecule has 2 aliphatic carbocycles. The predicted octanol–water partition coefficient (Wildman–Crippen LogP) is 5.86. The number of esters is 4. The maximum Gasteiger partial charge on any atom is 0.328 e. The van der Waals surface area contributed by atoms with Crippen molar-refractivity contribution in [2.24, 2.45) is 47.3 Å². The molecule has 18 heteroatoms. The number of carbonyl (C=O) groups is 5. The number of benzene rings is 1. The van der Waals surface area contributed by atoms with E-state index in [1.165, 1.54) is 7.11 Å². The SMILES string of the molecule is COC(=O)C(Cc1ccc(OC(=O)CCC(=O)O[C@@H]2O[C@@H]3O[C@@]4(C)CC[C@H]5[C@H](C)CC[C@@H]([C@H]2C)[C@@]35OO4)cc1)NC(=O)CCC(=O)O[C@@H]1O[C@@H]2O[C@@]3(C)CC[C@H]4[C@H](C)CC[C@@H]([C@H]1C)[C@@]24OO3. The lowest BCUT2D eigenvalue weighted by molar-refractivity contribution is -0.576. The van der Waals surface area contributed by atoms with Gasteiger partial charge in [-0.25, -0.2) is 24.3 Å². The van der Waals surface area contributed by atoms with E-state index in [0.29, 0.717) is 30.2 Å². The molecule has 2 spiro atoms. The van der Waals surface area contributed by atoms with Crippen LogP contribution in [0.25, 0.3) is 0 Å². The van der Waals surface area contributed by atoms with E-state index >= 15 is 0 Å². The summed E-state index contributed by atoms with van der Waals surface area (Å²) in [6.45, 7) is 12.1. The Morgan fingerprint density at radius 2 is 1.12 bits per heavy atom. The van der Waals surface area contributed by atoms with Crippen LogP contribution < -0.4 is 10.1 Å². The molecule has 8 heterocycles. The van der Waals surface area contributed by atoms with Gasteiger partial charge in [0.1, 0.15) is 11.8 Å². The third-order valence-corrected chi connectivity index (χ3v) is 16.2. The molecule has 1 N–H and O–H groups in total. The summed E-state index contributed by atoms with van der Waals surface area (Å²) < 4.78 is 47.4. The Kier molecular flexibility index (Phi) is 13.1. The number of hydrogen-bond acceptors (Lipinski definition) is 17. The van der Waals surface area contributed by atoms with Crippen LogP contribution in [0, 0.1) is 47.3 Å². The first-order chi connectivity index (χ1) is 31.5. The van der Waals surface area contributed by atoms with Crippen molar-refractivity contribution in [3.05, 3.63) is 29.8 Å². The lowest BCUT2D eigenvalue weighted by atomic mass is 9.58. The first-order valence-electron chi connectivity index (χ1n) is 23.9. The van der Waals surface area contributed by atoms with Crippen molar-refractivity contribution in [3.63, 3.8) is 0 Å². The largest absolute Gasteiger partial charge is 0.467 e. The number of amides is 1. The molecule has 0 aromatic heterocycles. The van der Waals surface area contributed by atoms with Crippen molar-refractivity contribution in [1.82, 2.24) is 5.32 Å². The highest BCUT2D eigenvalue weighted by atomic mass is 17.3. The van der Waals surface area contributed by atoms with E-state index in [1.54, 1.807) is 24.3 Å². The lowest BCUT2D eigenvalue weighted by Gasteiger charge is -2.59. The summed E-state index contributed by atoms with van der Waals surface area (Å²) in [6.07, 6.45) is 2.52. The van der Waals surface area contributed by atoms with Crippen LogP contribution in [0.2, 0.25) is 0 Å². The average Bonchev–Trinajstić information content (AvgIpc) is 3.67. The molecule has 2 saturated carbocycles. The van der Waals surface area contributed by atoms with Gasteiger partial charge >= 0.3 is 23.9 Å². The minimum absolute atomic E-state index is 0.0192. The molecule has 1 aromatic rings. The number of hydrogen-bond donors (Lipinski definition) is 1. The second kappa shape index (κ2) is 18.3. The summed E-state index contributed by atoms with van der Waals surface area (Å²) >= 11 is 0. The molecule has 8 aliphatic heterocycles. The van der Waals surface area contributed by atoms with E-state index in [4.69, 9.17) is 57.4 Å². The number of methoxy groups -OCH3 is 1. The highest BCUT2D eigenvalue weighted by Crippen LogP contribution is 2.62. The summed E-state index contributed by atoms with van der Waals surface area (Å²) in [7, 11) is 1.21. The smallest absolute Gasteiger partial charge is 0.328 e. The number of ether oxygens (including phenoxy) is 8. The van der Waals surface area contributed by atoms with Crippen LogP contribution in [-0.4, -0.2) is 90.9 Å². The van der Waals surface area contributed by atoms with Crippen LogP contribution in [0.5, 0.6) is 5.75 Å². The van der Waals surface area contributed by atoms with Gasteiger partial charge in [-0.2, -0.15) is 0 Å². The molecule has 1 aromatic carbocycles.